The maximum Gasteiger partial charge on any atom is 0.317 e. The van der Waals surface area contributed by atoms with E-state index in [1.807, 2.05) is 30.3 Å². The Bertz CT molecular complexity index is 978. The van der Waals surface area contributed by atoms with E-state index in [4.69, 9.17) is 0 Å². The van der Waals surface area contributed by atoms with Crippen LogP contribution in [0.3, 0.4) is 0 Å². The molecule has 0 saturated carbocycles. The number of carbonyl (C=O) groups excluding carboxylic acids is 2. The molecule has 0 atom stereocenters. The maximum atomic E-state index is 12.1. The first-order chi connectivity index (χ1) is 14.2. The Hall–Kier alpha value is -3.07. The molecule has 2 aromatic carbocycles. The standard InChI is InChI=1S/C21H28N4O4S/c1-4-30(28,29)24-19-11-10-18(14-16(19)2)23-20(26)12-13-22-21(27)25(3)15-17-8-6-5-7-9-17/h5-11,14,24H,4,12-13,15H2,1-3H3,(H,22,27)(H,23,26). The molecule has 0 spiro atoms. The van der Waals surface area contributed by atoms with Gasteiger partial charge in [-0.1, -0.05) is 30.3 Å². The number of benzene rings is 2. The van der Waals surface area contributed by atoms with Gasteiger partial charge in [0.05, 0.1) is 11.4 Å². The summed E-state index contributed by atoms with van der Waals surface area (Å²) in [7, 11) is -1.67. The lowest BCUT2D eigenvalue weighted by Gasteiger charge is -2.18. The van der Waals surface area contributed by atoms with E-state index in [1.54, 1.807) is 44.0 Å². The molecule has 0 unspecified atom stereocenters. The highest BCUT2D eigenvalue weighted by molar-refractivity contribution is 7.92. The number of urea groups is 1. The van der Waals surface area contributed by atoms with Crippen molar-refractivity contribution in [2.75, 3.05) is 29.4 Å². The molecule has 0 heterocycles. The molecule has 0 saturated heterocycles. The summed E-state index contributed by atoms with van der Waals surface area (Å²) in [6.45, 7) is 4.00. The highest BCUT2D eigenvalue weighted by atomic mass is 32.2. The van der Waals surface area contributed by atoms with E-state index in [0.717, 1.165) is 5.56 Å². The number of carbonyl (C=O) groups is 2. The summed E-state index contributed by atoms with van der Waals surface area (Å²) < 4.78 is 25.9. The van der Waals surface area contributed by atoms with E-state index in [1.165, 1.54) is 0 Å². The van der Waals surface area contributed by atoms with Gasteiger partial charge >= 0.3 is 6.03 Å². The number of nitrogens with one attached hydrogen (secondary N) is 3. The van der Waals surface area contributed by atoms with Crippen LogP contribution in [0.2, 0.25) is 0 Å². The van der Waals surface area contributed by atoms with Crippen LogP contribution in [0.1, 0.15) is 24.5 Å². The molecule has 0 bridgehead atoms. The number of amides is 3. The molecule has 8 nitrogen and oxygen atoms in total. The summed E-state index contributed by atoms with van der Waals surface area (Å²) in [5, 5.41) is 5.47. The number of hydrogen-bond donors (Lipinski definition) is 3. The minimum Gasteiger partial charge on any atom is -0.337 e. The monoisotopic (exact) mass is 432 g/mol. The van der Waals surface area contributed by atoms with Crippen LogP contribution in [-0.4, -0.2) is 44.6 Å². The van der Waals surface area contributed by atoms with Crippen molar-refractivity contribution in [3.05, 3.63) is 59.7 Å². The summed E-state index contributed by atoms with van der Waals surface area (Å²) in [4.78, 5) is 25.8. The van der Waals surface area contributed by atoms with Crippen LogP contribution in [0.4, 0.5) is 16.2 Å². The fourth-order valence-corrected chi connectivity index (χ4v) is 3.37. The van der Waals surface area contributed by atoms with Crippen LogP contribution >= 0.6 is 0 Å². The van der Waals surface area contributed by atoms with Gasteiger partial charge in [-0.3, -0.25) is 9.52 Å². The minimum absolute atomic E-state index is 0.0167. The zero-order valence-electron chi connectivity index (χ0n) is 17.4. The average molecular weight is 433 g/mol. The van der Waals surface area contributed by atoms with Gasteiger partial charge in [0.15, 0.2) is 0 Å². The highest BCUT2D eigenvalue weighted by Crippen LogP contribution is 2.21. The van der Waals surface area contributed by atoms with Crippen molar-refractivity contribution in [2.24, 2.45) is 0 Å². The molecule has 2 rings (SSSR count). The van der Waals surface area contributed by atoms with Gasteiger partial charge in [-0.05, 0) is 43.2 Å². The summed E-state index contributed by atoms with van der Waals surface area (Å²) in [6, 6.07) is 14.3. The van der Waals surface area contributed by atoms with Crippen LogP contribution in [0, 0.1) is 6.92 Å². The Morgan fingerprint density at radius 3 is 2.40 bits per heavy atom. The number of hydrogen-bond acceptors (Lipinski definition) is 4. The topological polar surface area (TPSA) is 108 Å². The molecule has 0 radical (unpaired) electrons. The van der Waals surface area contributed by atoms with Crippen LogP contribution in [-0.2, 0) is 21.4 Å². The number of sulfonamides is 1. The molecule has 30 heavy (non-hydrogen) atoms. The SMILES string of the molecule is CCS(=O)(=O)Nc1ccc(NC(=O)CCNC(=O)N(C)Cc2ccccc2)cc1C. The lowest BCUT2D eigenvalue weighted by molar-refractivity contribution is -0.116. The van der Waals surface area contributed by atoms with E-state index in [9.17, 15) is 18.0 Å². The molecule has 3 N–H and O–H groups in total. The van der Waals surface area contributed by atoms with Crippen LogP contribution in [0.15, 0.2) is 48.5 Å². The Morgan fingerprint density at radius 2 is 1.77 bits per heavy atom. The van der Waals surface area contributed by atoms with E-state index in [0.29, 0.717) is 23.5 Å². The lowest BCUT2D eigenvalue weighted by Crippen LogP contribution is -2.38. The summed E-state index contributed by atoms with van der Waals surface area (Å²) in [5.74, 6) is -0.265. The predicted molar refractivity (Wildman–Crippen MR) is 119 cm³/mol. The van der Waals surface area contributed by atoms with Gasteiger partial charge in [0.25, 0.3) is 0 Å². The Morgan fingerprint density at radius 1 is 1.07 bits per heavy atom. The third kappa shape index (κ3) is 7.40. The Balaban J connectivity index is 1.79. The number of nitrogens with zero attached hydrogens (tertiary/aromatic N) is 1. The largest absolute Gasteiger partial charge is 0.337 e. The quantitative estimate of drug-likeness (QED) is 0.566. The van der Waals surface area contributed by atoms with Gasteiger partial charge in [-0.25, -0.2) is 13.2 Å². The molecular formula is C21H28N4O4S. The highest BCUT2D eigenvalue weighted by Gasteiger charge is 2.11. The van der Waals surface area contributed by atoms with Crippen molar-refractivity contribution in [1.82, 2.24) is 10.2 Å². The first-order valence-electron chi connectivity index (χ1n) is 9.64. The molecule has 3 amide bonds. The summed E-state index contributed by atoms with van der Waals surface area (Å²) >= 11 is 0. The third-order valence-corrected chi connectivity index (χ3v) is 5.68. The molecule has 2 aromatic rings. The van der Waals surface area contributed by atoms with Crippen LogP contribution in [0.5, 0.6) is 0 Å². The van der Waals surface area contributed by atoms with E-state index in [-0.39, 0.29) is 30.7 Å². The van der Waals surface area contributed by atoms with Crippen molar-refractivity contribution >= 4 is 33.3 Å². The summed E-state index contributed by atoms with van der Waals surface area (Å²) in [5.41, 5.74) is 2.75. The predicted octanol–water partition coefficient (Wildman–Crippen LogP) is 2.93. The zero-order chi connectivity index (χ0) is 22.1. The average Bonchev–Trinajstić information content (AvgIpc) is 2.70. The molecule has 162 valence electrons. The van der Waals surface area contributed by atoms with Gasteiger partial charge in [-0.2, -0.15) is 0 Å². The lowest BCUT2D eigenvalue weighted by atomic mass is 10.2. The fourth-order valence-electron chi connectivity index (χ4n) is 2.67. The molecule has 0 fully saturated rings. The number of anilines is 2. The first kappa shape index (κ1) is 23.2. The molecule has 0 aliphatic carbocycles. The van der Waals surface area contributed by atoms with Gasteiger partial charge in [0.2, 0.25) is 15.9 Å². The Labute approximate surface area is 177 Å². The maximum absolute atomic E-state index is 12.1. The molecule has 0 aliphatic heterocycles. The van der Waals surface area contributed by atoms with E-state index in [2.05, 4.69) is 15.4 Å². The van der Waals surface area contributed by atoms with Crippen molar-refractivity contribution in [3.8, 4) is 0 Å². The summed E-state index contributed by atoms with van der Waals surface area (Å²) in [6.07, 6.45) is 0.119. The van der Waals surface area contributed by atoms with Gasteiger partial charge < -0.3 is 15.5 Å². The third-order valence-electron chi connectivity index (χ3n) is 4.39. The minimum atomic E-state index is -3.36. The second kappa shape index (κ2) is 10.6. The van der Waals surface area contributed by atoms with E-state index >= 15 is 0 Å². The molecule has 0 aliphatic rings. The van der Waals surface area contributed by atoms with Gasteiger partial charge in [-0.15, -0.1) is 0 Å². The van der Waals surface area contributed by atoms with Crippen molar-refractivity contribution in [3.63, 3.8) is 0 Å². The first-order valence-corrected chi connectivity index (χ1v) is 11.3. The van der Waals surface area contributed by atoms with E-state index < -0.39 is 10.0 Å². The normalized spacial score (nSPS) is 10.9. The number of aryl methyl sites for hydroxylation is 1. The molecular weight excluding hydrogens is 404 g/mol. The van der Waals surface area contributed by atoms with Crippen molar-refractivity contribution in [2.45, 2.75) is 26.8 Å². The second-order valence-electron chi connectivity index (χ2n) is 6.91. The second-order valence-corrected chi connectivity index (χ2v) is 8.92. The van der Waals surface area contributed by atoms with Crippen LogP contribution in [0.25, 0.3) is 0 Å². The smallest absolute Gasteiger partial charge is 0.317 e. The van der Waals surface area contributed by atoms with Crippen molar-refractivity contribution in [1.29, 1.82) is 0 Å². The Kier molecular flexibility index (Phi) is 8.23. The zero-order valence-corrected chi connectivity index (χ0v) is 18.3. The van der Waals surface area contributed by atoms with Crippen molar-refractivity contribution < 1.29 is 18.0 Å². The number of rotatable bonds is 9. The van der Waals surface area contributed by atoms with Gasteiger partial charge in [0, 0.05) is 32.2 Å². The molecule has 0 aromatic heterocycles. The van der Waals surface area contributed by atoms with Gasteiger partial charge in [0.1, 0.15) is 0 Å². The van der Waals surface area contributed by atoms with Crippen LogP contribution < -0.4 is 15.4 Å². The fraction of sp³-hybridized carbons (Fsp3) is 0.333. The molecule has 9 heteroatoms.